The van der Waals surface area contributed by atoms with Crippen LogP contribution in [0.25, 0.3) is 16.6 Å². The number of rotatable bonds is 10. The quantitative estimate of drug-likeness (QED) is 0.389. The first kappa shape index (κ1) is 24.9. The molecule has 0 radical (unpaired) electrons. The van der Waals surface area contributed by atoms with E-state index >= 15 is 0 Å². The summed E-state index contributed by atoms with van der Waals surface area (Å²) in [6, 6.07) is 5.98. The molecule has 1 N–H and O–H groups in total. The number of aliphatic hydroxyl groups is 1. The van der Waals surface area contributed by atoms with Gasteiger partial charge in [0.05, 0.1) is 37.1 Å². The highest BCUT2D eigenvalue weighted by Gasteiger charge is 2.16. The minimum absolute atomic E-state index is 0.0919. The van der Waals surface area contributed by atoms with Gasteiger partial charge in [0.25, 0.3) is 0 Å². The SMILES string of the molecule is C=C/C(=C\N=C(C)C)c1cnc2ccc(N(CCCO)C3=CCC(OC)=CC(OC)=C3)cc2n1. The van der Waals surface area contributed by atoms with Crippen LogP contribution >= 0.6 is 0 Å². The van der Waals surface area contributed by atoms with Crippen LogP contribution in [0, 0.1) is 0 Å². The van der Waals surface area contributed by atoms with E-state index in [0.717, 1.165) is 39.5 Å². The Balaban J connectivity index is 2.05. The summed E-state index contributed by atoms with van der Waals surface area (Å²) in [5.74, 6) is 1.51. The zero-order chi connectivity index (χ0) is 24.5. The summed E-state index contributed by atoms with van der Waals surface area (Å²) in [6.45, 7) is 8.49. The van der Waals surface area contributed by atoms with Gasteiger partial charge in [0.15, 0.2) is 0 Å². The van der Waals surface area contributed by atoms with Crippen LogP contribution < -0.4 is 4.90 Å². The second-order valence-electron chi connectivity index (χ2n) is 7.92. The first-order valence-corrected chi connectivity index (χ1v) is 11.2. The number of methoxy groups -OCH3 is 2. The number of ether oxygens (including phenoxy) is 2. The number of allylic oxidation sites excluding steroid dienone is 5. The van der Waals surface area contributed by atoms with Gasteiger partial charge in [-0.3, -0.25) is 9.98 Å². The molecular weight excluding hydrogens is 428 g/mol. The van der Waals surface area contributed by atoms with Gasteiger partial charge in [0, 0.05) is 60.6 Å². The highest BCUT2D eigenvalue weighted by molar-refractivity contribution is 5.84. The van der Waals surface area contributed by atoms with E-state index in [1.807, 2.05) is 44.2 Å². The number of hydrogen-bond donors (Lipinski definition) is 1. The predicted octanol–water partition coefficient (Wildman–Crippen LogP) is 5.17. The van der Waals surface area contributed by atoms with Crippen LogP contribution in [0.5, 0.6) is 0 Å². The molecule has 178 valence electrons. The average Bonchev–Trinajstić information content (AvgIpc) is 3.06. The van der Waals surface area contributed by atoms with E-state index < -0.39 is 0 Å². The zero-order valence-corrected chi connectivity index (χ0v) is 20.3. The average molecular weight is 461 g/mol. The Morgan fingerprint density at radius 2 is 2.03 bits per heavy atom. The van der Waals surface area contributed by atoms with E-state index in [1.54, 1.807) is 32.7 Å². The fraction of sp³-hybridized carbons (Fsp3) is 0.296. The van der Waals surface area contributed by atoms with Gasteiger partial charge in [-0.15, -0.1) is 0 Å². The summed E-state index contributed by atoms with van der Waals surface area (Å²) >= 11 is 0. The molecule has 3 rings (SSSR count). The van der Waals surface area contributed by atoms with Crippen molar-refractivity contribution in [3.63, 3.8) is 0 Å². The second kappa shape index (κ2) is 12.0. The minimum atomic E-state index is 0.0919. The molecule has 34 heavy (non-hydrogen) atoms. The Labute approximate surface area is 201 Å². The largest absolute Gasteiger partial charge is 0.501 e. The van der Waals surface area contributed by atoms with Crippen LogP contribution in [-0.4, -0.2) is 48.2 Å². The maximum atomic E-state index is 9.52. The van der Waals surface area contributed by atoms with Crippen molar-refractivity contribution in [3.05, 3.63) is 84.4 Å². The highest BCUT2D eigenvalue weighted by atomic mass is 16.5. The van der Waals surface area contributed by atoms with Gasteiger partial charge in [-0.1, -0.05) is 18.7 Å². The molecule has 0 bridgehead atoms. The summed E-state index contributed by atoms with van der Waals surface area (Å²) < 4.78 is 11.0. The Hall–Kier alpha value is -3.71. The van der Waals surface area contributed by atoms with Crippen LogP contribution in [-0.2, 0) is 9.47 Å². The van der Waals surface area contributed by atoms with Crippen molar-refractivity contribution >= 4 is 28.0 Å². The van der Waals surface area contributed by atoms with Gasteiger partial charge in [-0.05, 0) is 38.5 Å². The lowest BCUT2D eigenvalue weighted by atomic mass is 10.1. The number of aliphatic imine (C=N–C) groups is 1. The molecule has 1 aliphatic carbocycles. The van der Waals surface area contributed by atoms with Crippen molar-refractivity contribution < 1.29 is 14.6 Å². The first-order valence-electron chi connectivity index (χ1n) is 11.2. The number of aromatic nitrogens is 2. The predicted molar refractivity (Wildman–Crippen MR) is 138 cm³/mol. The summed E-state index contributed by atoms with van der Waals surface area (Å²) in [4.78, 5) is 15.9. The van der Waals surface area contributed by atoms with Gasteiger partial charge in [0.2, 0.25) is 0 Å². The topological polar surface area (TPSA) is 80.1 Å². The maximum absolute atomic E-state index is 9.52. The van der Waals surface area contributed by atoms with Gasteiger partial charge < -0.3 is 19.5 Å². The number of nitrogens with zero attached hydrogens (tertiary/aromatic N) is 4. The molecule has 0 atom stereocenters. The summed E-state index contributed by atoms with van der Waals surface area (Å²) in [6.07, 6.45) is 12.4. The molecule has 1 aliphatic rings. The number of anilines is 1. The van der Waals surface area contributed by atoms with Crippen molar-refractivity contribution in [2.75, 3.05) is 32.3 Å². The molecule has 1 aromatic carbocycles. The Morgan fingerprint density at radius 1 is 1.21 bits per heavy atom. The van der Waals surface area contributed by atoms with Crippen molar-refractivity contribution in [1.82, 2.24) is 9.97 Å². The van der Waals surface area contributed by atoms with Gasteiger partial charge in [-0.25, -0.2) is 4.98 Å². The lowest BCUT2D eigenvalue weighted by Crippen LogP contribution is -2.24. The molecule has 0 aliphatic heterocycles. The Kier molecular flexibility index (Phi) is 8.76. The monoisotopic (exact) mass is 460 g/mol. The standard InChI is InChI=1S/C27H32N4O3/c1-6-20(17-28-19(2)3)27-18-29-25-11-9-22(15-26(25)30-27)31(12-7-13-32)21-8-10-23(33-4)16-24(14-21)34-5/h6,8-9,11,14-18,32H,1,7,10,12-13H2,2-5H3/b20-17+. The molecule has 1 aromatic heterocycles. The Morgan fingerprint density at radius 3 is 2.71 bits per heavy atom. The van der Waals surface area contributed by atoms with Crippen LogP contribution in [0.15, 0.2) is 83.7 Å². The molecule has 7 nitrogen and oxygen atoms in total. The number of hydrogen-bond acceptors (Lipinski definition) is 7. The molecular formula is C27H32N4O3. The van der Waals surface area contributed by atoms with E-state index in [2.05, 4.69) is 27.5 Å². The van der Waals surface area contributed by atoms with Gasteiger partial charge in [0.1, 0.15) is 11.5 Å². The van der Waals surface area contributed by atoms with Crippen molar-refractivity contribution in [1.29, 1.82) is 0 Å². The first-order chi connectivity index (χ1) is 16.5. The van der Waals surface area contributed by atoms with E-state index in [9.17, 15) is 5.11 Å². The second-order valence-corrected chi connectivity index (χ2v) is 7.92. The normalized spacial score (nSPS) is 13.9. The van der Waals surface area contributed by atoms with Gasteiger partial charge in [-0.2, -0.15) is 0 Å². The third-order valence-corrected chi connectivity index (χ3v) is 5.27. The molecule has 1 heterocycles. The van der Waals surface area contributed by atoms with E-state index in [1.165, 1.54) is 0 Å². The minimum Gasteiger partial charge on any atom is -0.501 e. The third-order valence-electron chi connectivity index (χ3n) is 5.27. The lowest BCUT2D eigenvalue weighted by molar-refractivity contribution is 0.271. The summed E-state index contributed by atoms with van der Waals surface area (Å²) in [5, 5.41) is 9.52. The van der Waals surface area contributed by atoms with Crippen LogP contribution in [0.4, 0.5) is 5.69 Å². The lowest BCUT2D eigenvalue weighted by Gasteiger charge is -2.26. The molecule has 2 aromatic rings. The molecule has 0 spiro atoms. The number of fused-ring (bicyclic) bond motifs is 1. The third kappa shape index (κ3) is 6.20. The van der Waals surface area contributed by atoms with Crippen LogP contribution in [0.3, 0.4) is 0 Å². The molecule has 0 unspecified atom stereocenters. The summed E-state index contributed by atoms with van der Waals surface area (Å²) in [7, 11) is 3.29. The van der Waals surface area contributed by atoms with Crippen LogP contribution in [0.2, 0.25) is 0 Å². The van der Waals surface area contributed by atoms with Crippen molar-refractivity contribution in [2.45, 2.75) is 26.7 Å². The zero-order valence-electron chi connectivity index (χ0n) is 20.3. The van der Waals surface area contributed by atoms with E-state index in [-0.39, 0.29) is 6.61 Å². The smallest absolute Gasteiger partial charge is 0.124 e. The molecule has 7 heteroatoms. The van der Waals surface area contributed by atoms with Gasteiger partial charge >= 0.3 is 0 Å². The van der Waals surface area contributed by atoms with Crippen LogP contribution in [0.1, 0.15) is 32.4 Å². The summed E-state index contributed by atoms with van der Waals surface area (Å²) in [5.41, 5.74) is 5.90. The molecule has 0 amide bonds. The van der Waals surface area contributed by atoms with E-state index in [4.69, 9.17) is 14.5 Å². The fourth-order valence-corrected chi connectivity index (χ4v) is 3.48. The van der Waals surface area contributed by atoms with Crippen molar-refractivity contribution in [2.24, 2.45) is 4.99 Å². The number of benzene rings is 1. The molecule has 0 fully saturated rings. The molecule has 0 saturated carbocycles. The van der Waals surface area contributed by atoms with E-state index in [0.29, 0.717) is 30.8 Å². The number of aliphatic hydroxyl groups excluding tert-OH is 1. The fourth-order valence-electron chi connectivity index (χ4n) is 3.48. The van der Waals surface area contributed by atoms with Crippen molar-refractivity contribution in [3.8, 4) is 0 Å². The maximum Gasteiger partial charge on any atom is 0.124 e. The Bertz CT molecular complexity index is 1190. The molecule has 0 saturated heterocycles. The highest BCUT2D eigenvalue weighted by Crippen LogP contribution is 2.28.